The van der Waals surface area contributed by atoms with Crippen LogP contribution in [0.25, 0.3) is 0 Å². The number of nitrogens with zero attached hydrogens (tertiary/aromatic N) is 1. The fourth-order valence-corrected chi connectivity index (χ4v) is 2.34. The van der Waals surface area contributed by atoms with Crippen molar-refractivity contribution in [2.75, 3.05) is 0 Å². The minimum absolute atomic E-state index is 0.0894. The molecule has 0 aliphatic rings. The zero-order valence-electron chi connectivity index (χ0n) is 10.1. The van der Waals surface area contributed by atoms with E-state index in [1.807, 2.05) is 0 Å². The molecule has 2 rings (SSSR count). The molecule has 0 amide bonds. The Morgan fingerprint density at radius 3 is 2.35 bits per heavy atom. The van der Waals surface area contributed by atoms with E-state index in [0.29, 0.717) is 11.3 Å². The minimum Gasteiger partial charge on any atom is -0.507 e. The largest absolute Gasteiger partial charge is 0.507 e. The van der Waals surface area contributed by atoms with Gasteiger partial charge in [-0.2, -0.15) is 8.42 Å². The van der Waals surface area contributed by atoms with Gasteiger partial charge in [-0.15, -0.1) is 0 Å². The summed E-state index contributed by atoms with van der Waals surface area (Å²) < 4.78 is 31.4. The van der Waals surface area contributed by atoms with E-state index in [1.54, 1.807) is 12.1 Å². The molecule has 20 heavy (non-hydrogen) atoms. The Morgan fingerprint density at radius 1 is 1.10 bits per heavy atom. The molecular formula is C13H10BrNO4S. The number of aromatic hydroxyl groups is 1. The van der Waals surface area contributed by atoms with E-state index in [9.17, 15) is 13.5 Å². The molecule has 0 unspecified atom stereocenters. The average molecular weight is 356 g/mol. The lowest BCUT2D eigenvalue weighted by Crippen LogP contribution is -1.96. The van der Waals surface area contributed by atoms with Gasteiger partial charge in [-0.1, -0.05) is 15.9 Å². The molecule has 2 N–H and O–H groups in total. The molecule has 0 atom stereocenters. The van der Waals surface area contributed by atoms with Crippen molar-refractivity contribution >= 4 is 38.0 Å². The minimum atomic E-state index is -4.20. The third kappa shape index (κ3) is 3.66. The molecule has 0 aromatic heterocycles. The Kier molecular flexibility index (Phi) is 4.22. The Hall–Kier alpha value is -1.70. The molecule has 0 aliphatic carbocycles. The van der Waals surface area contributed by atoms with E-state index in [4.69, 9.17) is 4.55 Å². The van der Waals surface area contributed by atoms with Crippen LogP contribution in [0.1, 0.15) is 5.56 Å². The molecule has 0 spiro atoms. The summed E-state index contributed by atoms with van der Waals surface area (Å²) in [6, 6.07) is 10.3. The van der Waals surface area contributed by atoms with Crippen molar-refractivity contribution in [2.24, 2.45) is 4.99 Å². The van der Waals surface area contributed by atoms with Gasteiger partial charge in [0.2, 0.25) is 0 Å². The summed E-state index contributed by atoms with van der Waals surface area (Å²) in [6.45, 7) is 0. The molecule has 104 valence electrons. The lowest BCUT2D eigenvalue weighted by atomic mass is 10.2. The standard InChI is InChI=1S/C13H10BrNO4S/c14-10-1-6-13(16)9(7-10)8-15-11-2-4-12(5-3-11)20(17,18)19/h1-8,16H,(H,17,18,19). The number of rotatable bonds is 3. The highest BCUT2D eigenvalue weighted by molar-refractivity contribution is 9.10. The molecule has 7 heteroatoms. The van der Waals surface area contributed by atoms with Crippen LogP contribution in [0.2, 0.25) is 0 Å². The van der Waals surface area contributed by atoms with Crippen LogP contribution in [0.5, 0.6) is 5.75 Å². The SMILES string of the molecule is O=S(=O)(O)c1ccc(N=Cc2cc(Br)ccc2O)cc1. The van der Waals surface area contributed by atoms with Crippen LogP contribution in [0.4, 0.5) is 5.69 Å². The van der Waals surface area contributed by atoms with Crippen molar-refractivity contribution in [3.05, 3.63) is 52.5 Å². The predicted molar refractivity (Wildman–Crippen MR) is 79.3 cm³/mol. The van der Waals surface area contributed by atoms with Crippen molar-refractivity contribution in [2.45, 2.75) is 4.90 Å². The van der Waals surface area contributed by atoms with Crippen LogP contribution >= 0.6 is 15.9 Å². The Balaban J connectivity index is 2.26. The van der Waals surface area contributed by atoms with Gasteiger partial charge >= 0.3 is 0 Å². The number of phenols is 1. The summed E-state index contributed by atoms with van der Waals surface area (Å²) in [5.74, 6) is 0.0894. The molecule has 0 aliphatic heterocycles. The number of halogens is 1. The van der Waals surface area contributed by atoms with Crippen LogP contribution in [0.3, 0.4) is 0 Å². The van der Waals surface area contributed by atoms with Crippen molar-refractivity contribution in [3.63, 3.8) is 0 Å². The fraction of sp³-hybridized carbons (Fsp3) is 0. The molecule has 0 fully saturated rings. The monoisotopic (exact) mass is 355 g/mol. The highest BCUT2D eigenvalue weighted by Gasteiger charge is 2.07. The van der Waals surface area contributed by atoms with Gasteiger partial charge in [0.15, 0.2) is 0 Å². The maximum absolute atomic E-state index is 10.9. The zero-order chi connectivity index (χ0) is 14.8. The molecular weight excluding hydrogens is 346 g/mol. The maximum Gasteiger partial charge on any atom is 0.294 e. The first-order valence-electron chi connectivity index (χ1n) is 5.46. The molecule has 0 saturated carbocycles. The van der Waals surface area contributed by atoms with Gasteiger partial charge in [0.05, 0.1) is 10.6 Å². The lowest BCUT2D eigenvalue weighted by Gasteiger charge is -2.00. The normalized spacial score (nSPS) is 11.9. The second kappa shape index (κ2) is 5.74. The number of hydrogen-bond acceptors (Lipinski definition) is 4. The summed E-state index contributed by atoms with van der Waals surface area (Å²) in [7, 11) is -4.20. The van der Waals surface area contributed by atoms with Crippen LogP contribution in [-0.2, 0) is 10.1 Å². The zero-order valence-corrected chi connectivity index (χ0v) is 12.5. The molecule has 5 nitrogen and oxygen atoms in total. The highest BCUT2D eigenvalue weighted by Crippen LogP contribution is 2.22. The predicted octanol–water partition coefficient (Wildman–Crippen LogP) is 3.15. The number of phenolic OH excluding ortho intramolecular Hbond substituents is 1. The molecule has 2 aromatic carbocycles. The second-order valence-electron chi connectivity index (χ2n) is 3.93. The van der Waals surface area contributed by atoms with E-state index in [1.165, 1.54) is 36.5 Å². The van der Waals surface area contributed by atoms with Gasteiger partial charge < -0.3 is 5.11 Å². The quantitative estimate of drug-likeness (QED) is 0.653. The van der Waals surface area contributed by atoms with E-state index in [0.717, 1.165) is 4.47 Å². The van der Waals surface area contributed by atoms with E-state index in [2.05, 4.69) is 20.9 Å². The third-order valence-corrected chi connectivity index (χ3v) is 3.84. The average Bonchev–Trinajstić information content (AvgIpc) is 2.39. The smallest absolute Gasteiger partial charge is 0.294 e. The summed E-state index contributed by atoms with van der Waals surface area (Å²) in [4.78, 5) is 3.93. The summed E-state index contributed by atoms with van der Waals surface area (Å²) >= 11 is 3.29. The summed E-state index contributed by atoms with van der Waals surface area (Å²) in [6.07, 6.45) is 1.46. The van der Waals surface area contributed by atoms with Gasteiger partial charge in [0, 0.05) is 16.3 Å². The van der Waals surface area contributed by atoms with Crippen molar-refractivity contribution in [1.29, 1.82) is 0 Å². The van der Waals surface area contributed by atoms with Crippen molar-refractivity contribution < 1.29 is 18.1 Å². The lowest BCUT2D eigenvalue weighted by molar-refractivity contribution is 0.474. The first-order valence-corrected chi connectivity index (χ1v) is 7.70. The first kappa shape index (κ1) is 14.7. The topological polar surface area (TPSA) is 87.0 Å². The van der Waals surface area contributed by atoms with Gasteiger partial charge in [-0.05, 0) is 42.5 Å². The first-order chi connectivity index (χ1) is 9.36. The van der Waals surface area contributed by atoms with Crippen LogP contribution in [0, 0.1) is 0 Å². The Labute approximate surface area is 124 Å². The number of hydrogen-bond donors (Lipinski definition) is 2. The molecule has 2 aromatic rings. The third-order valence-electron chi connectivity index (χ3n) is 2.48. The Bertz CT molecular complexity index is 754. The fourth-order valence-electron chi connectivity index (χ4n) is 1.48. The summed E-state index contributed by atoms with van der Waals surface area (Å²) in [5.41, 5.74) is 1.02. The van der Waals surface area contributed by atoms with Gasteiger partial charge in [-0.3, -0.25) is 9.55 Å². The van der Waals surface area contributed by atoms with E-state index < -0.39 is 10.1 Å². The van der Waals surface area contributed by atoms with E-state index >= 15 is 0 Å². The van der Waals surface area contributed by atoms with Gasteiger partial charge in [0.25, 0.3) is 10.1 Å². The highest BCUT2D eigenvalue weighted by atomic mass is 79.9. The van der Waals surface area contributed by atoms with Crippen LogP contribution < -0.4 is 0 Å². The Morgan fingerprint density at radius 2 is 1.75 bits per heavy atom. The maximum atomic E-state index is 10.9. The van der Waals surface area contributed by atoms with Crippen molar-refractivity contribution in [1.82, 2.24) is 0 Å². The summed E-state index contributed by atoms with van der Waals surface area (Å²) in [5, 5.41) is 9.64. The number of benzene rings is 2. The molecule has 0 bridgehead atoms. The van der Waals surface area contributed by atoms with Gasteiger partial charge in [0.1, 0.15) is 5.75 Å². The molecule has 0 saturated heterocycles. The number of aliphatic imine (C=N–C) groups is 1. The molecule has 0 radical (unpaired) electrons. The van der Waals surface area contributed by atoms with Crippen LogP contribution in [0.15, 0.2) is 56.8 Å². The van der Waals surface area contributed by atoms with E-state index in [-0.39, 0.29) is 10.6 Å². The van der Waals surface area contributed by atoms with Gasteiger partial charge in [-0.25, -0.2) is 0 Å². The second-order valence-corrected chi connectivity index (χ2v) is 6.27. The van der Waals surface area contributed by atoms with Crippen LogP contribution in [-0.4, -0.2) is 24.3 Å². The molecule has 0 heterocycles. The van der Waals surface area contributed by atoms with Crippen molar-refractivity contribution in [3.8, 4) is 5.75 Å².